The third kappa shape index (κ3) is 12.8. The highest BCUT2D eigenvalue weighted by Gasteiger charge is 2.24. The zero-order valence-electron chi connectivity index (χ0n) is 70.9. The summed E-state index contributed by atoms with van der Waals surface area (Å²) < 4.78 is 18.7. The van der Waals surface area contributed by atoms with Crippen molar-refractivity contribution in [1.29, 1.82) is 0 Å². The number of fused-ring (bicyclic) bond motifs is 18. The lowest BCUT2D eigenvalue weighted by atomic mass is 9.91. The van der Waals surface area contributed by atoms with Crippen LogP contribution >= 0.6 is 11.3 Å². The molecule has 19 aromatic carbocycles. The SMILES string of the molecule is Cc1ccc2c(c1)c1cc(C)ccc1n2-c1ccccc1-c1cccc(-c2ccc3c4ccccc4n(-c4ccccc4)c3c2)c1.Cc1ccc2c3ccc(C)cc3n(-c3ccccc3-c3cccc(-c4cccc5c4sc4ccccc45)c3)c2c1.Cc1ccc2c3ccc(C)cc3n(-c3ccccc3-c3ccccc3-c3cccc4oc5ccccc5c34)c2c1. The molecule has 25 aromatic rings. The summed E-state index contributed by atoms with van der Waals surface area (Å²) >= 11 is 1.89. The molecule has 0 aliphatic carbocycles. The highest BCUT2D eigenvalue weighted by Crippen LogP contribution is 2.48. The Morgan fingerprint density at radius 1 is 0.190 bits per heavy atom. The zero-order chi connectivity index (χ0) is 84.4. The van der Waals surface area contributed by atoms with Crippen molar-refractivity contribution in [3.05, 3.63) is 446 Å². The Balaban J connectivity index is 0.000000109. The molecule has 0 fully saturated rings. The largest absolute Gasteiger partial charge is 0.456 e. The number of aryl methyl sites for hydroxylation is 6. The lowest BCUT2D eigenvalue weighted by Crippen LogP contribution is -1.98. The van der Waals surface area contributed by atoms with E-state index in [4.69, 9.17) is 4.42 Å². The molecule has 598 valence electrons. The molecule has 6 heterocycles. The molecule has 0 bridgehead atoms. The Morgan fingerprint density at radius 3 is 1.13 bits per heavy atom. The van der Waals surface area contributed by atoms with Crippen LogP contribution in [0.5, 0.6) is 0 Å². The summed E-state index contributed by atoms with van der Waals surface area (Å²) in [6, 6.07) is 151. The van der Waals surface area contributed by atoms with Crippen LogP contribution in [0.3, 0.4) is 0 Å². The predicted molar refractivity (Wildman–Crippen MR) is 538 cm³/mol. The quantitative estimate of drug-likeness (QED) is 0.134. The van der Waals surface area contributed by atoms with Crippen LogP contribution in [0, 0.1) is 41.5 Å². The van der Waals surface area contributed by atoms with Gasteiger partial charge in [0.25, 0.3) is 0 Å². The third-order valence-corrected chi connectivity index (χ3v) is 26.9. The van der Waals surface area contributed by atoms with E-state index in [0.717, 1.165) is 21.9 Å². The fourth-order valence-electron chi connectivity index (χ4n) is 19.9. The lowest BCUT2D eigenvalue weighted by molar-refractivity contribution is 0.669. The second-order valence-corrected chi connectivity index (χ2v) is 34.9. The maximum Gasteiger partial charge on any atom is 0.136 e. The molecule has 0 radical (unpaired) electrons. The maximum atomic E-state index is 6.26. The monoisotopic (exact) mass is 1630 g/mol. The molecule has 25 rings (SSSR count). The van der Waals surface area contributed by atoms with Crippen molar-refractivity contribution in [2.75, 3.05) is 0 Å². The number of rotatable bonds is 10. The normalized spacial score (nSPS) is 11.7. The van der Waals surface area contributed by atoms with Gasteiger partial charge in [-0.15, -0.1) is 11.3 Å². The highest BCUT2D eigenvalue weighted by atomic mass is 32.1. The lowest BCUT2D eigenvalue weighted by Gasteiger charge is -2.17. The molecule has 5 nitrogen and oxygen atoms in total. The van der Waals surface area contributed by atoms with Crippen LogP contribution in [-0.2, 0) is 0 Å². The van der Waals surface area contributed by atoms with Gasteiger partial charge in [-0.1, -0.05) is 302 Å². The average molecular weight is 1630 g/mol. The molecule has 0 unspecified atom stereocenters. The van der Waals surface area contributed by atoms with Crippen LogP contribution in [0.15, 0.2) is 417 Å². The van der Waals surface area contributed by atoms with Crippen molar-refractivity contribution in [3.63, 3.8) is 0 Å². The summed E-state index contributed by atoms with van der Waals surface area (Å²) in [5.74, 6) is 0. The van der Waals surface area contributed by atoms with Crippen LogP contribution in [0.4, 0.5) is 0 Å². The topological polar surface area (TPSA) is 32.9 Å². The van der Waals surface area contributed by atoms with Crippen LogP contribution in [0.1, 0.15) is 33.4 Å². The molecular formula is C120H86N4OS. The Bertz CT molecular complexity index is 8510. The van der Waals surface area contributed by atoms with Crippen LogP contribution in [0.2, 0.25) is 0 Å². The molecule has 0 saturated heterocycles. The van der Waals surface area contributed by atoms with Crippen LogP contribution < -0.4 is 0 Å². The summed E-state index contributed by atoms with van der Waals surface area (Å²) in [7, 11) is 0. The number of benzene rings is 19. The van der Waals surface area contributed by atoms with E-state index in [1.165, 1.54) is 230 Å². The molecule has 0 N–H and O–H groups in total. The van der Waals surface area contributed by atoms with Gasteiger partial charge in [0.1, 0.15) is 11.2 Å². The molecule has 0 saturated carbocycles. The van der Waals surface area contributed by atoms with Crippen LogP contribution in [-0.4, -0.2) is 18.3 Å². The molecule has 0 aliphatic heterocycles. The van der Waals surface area contributed by atoms with E-state index in [1.54, 1.807) is 0 Å². The van der Waals surface area contributed by atoms with Crippen molar-refractivity contribution >= 4 is 141 Å². The zero-order valence-corrected chi connectivity index (χ0v) is 71.7. The average Bonchev–Trinajstić information content (AvgIpc) is 1.59. The first-order valence-corrected chi connectivity index (χ1v) is 44.3. The fourth-order valence-corrected chi connectivity index (χ4v) is 21.1. The minimum absolute atomic E-state index is 0.912. The standard InChI is InChI=1S/C44H32N2.C38H27NO.C38H27NS/c1-29-19-23-42-38(25-29)39-26-30(2)20-24-43(39)46(42)40-17-8-6-15-35(40)33-12-10-11-31(27-33)32-21-22-37-36-16-7-9-18-41(36)45(44(37)28-32)34-13-4-3-5-14-34;1-24-18-20-29-30-21-19-25(2)23-35(30)39(34(29)22-24)33-15-7-5-12-28(33)26-10-3-4-11-27(26)31-14-9-17-37-38(31)32-13-6-8-16-36(32)40-37;1-24-17-19-30-31-20-18-25(2)22-36(31)39(35(30)21-24)34-15-5-3-11-28(34)26-9-7-10-27(23-26)29-13-8-14-33-32-12-4-6-16-37(32)40-38(29)33/h3-28H,1-2H3;2*3-23H,1-2H3. The predicted octanol–water partition coefficient (Wildman–Crippen LogP) is 33.6. The van der Waals surface area contributed by atoms with E-state index in [0.29, 0.717) is 0 Å². The van der Waals surface area contributed by atoms with E-state index >= 15 is 0 Å². The molecule has 6 aromatic heterocycles. The minimum atomic E-state index is 0.912. The summed E-state index contributed by atoms with van der Waals surface area (Å²) in [6.07, 6.45) is 0. The molecule has 0 amide bonds. The number of para-hydroxylation sites is 6. The minimum Gasteiger partial charge on any atom is -0.456 e. The number of hydrogen-bond donors (Lipinski definition) is 0. The molecule has 0 aliphatic rings. The van der Waals surface area contributed by atoms with E-state index < -0.39 is 0 Å². The summed E-state index contributed by atoms with van der Waals surface area (Å²) in [4.78, 5) is 0. The summed E-state index contributed by atoms with van der Waals surface area (Å²) in [5.41, 5.74) is 38.6. The van der Waals surface area contributed by atoms with E-state index in [-0.39, 0.29) is 0 Å². The summed E-state index contributed by atoms with van der Waals surface area (Å²) in [6.45, 7) is 13.0. The van der Waals surface area contributed by atoms with Crippen molar-refractivity contribution in [1.82, 2.24) is 18.3 Å². The smallest absolute Gasteiger partial charge is 0.136 e. The Morgan fingerprint density at radius 2 is 0.548 bits per heavy atom. The Hall–Kier alpha value is -15.6. The van der Waals surface area contributed by atoms with Crippen molar-refractivity contribution in [3.8, 4) is 89.5 Å². The number of hydrogen-bond acceptors (Lipinski definition) is 2. The Kier molecular flexibility index (Phi) is 18.4. The molecule has 6 heteroatoms. The van der Waals surface area contributed by atoms with Gasteiger partial charge in [-0.3, -0.25) is 0 Å². The second-order valence-electron chi connectivity index (χ2n) is 33.9. The number of aromatic nitrogens is 4. The van der Waals surface area contributed by atoms with Gasteiger partial charge in [-0.05, 0) is 235 Å². The number of nitrogens with zero attached hydrogens (tertiary/aromatic N) is 4. The second kappa shape index (κ2) is 30.8. The fraction of sp³-hybridized carbons (Fsp3) is 0.0500. The van der Waals surface area contributed by atoms with Gasteiger partial charge in [-0.25, -0.2) is 0 Å². The van der Waals surface area contributed by atoms with Gasteiger partial charge in [0.2, 0.25) is 0 Å². The third-order valence-electron chi connectivity index (χ3n) is 25.7. The van der Waals surface area contributed by atoms with Gasteiger partial charge < -0.3 is 22.7 Å². The highest BCUT2D eigenvalue weighted by molar-refractivity contribution is 7.26. The van der Waals surface area contributed by atoms with Crippen LogP contribution in [0.25, 0.3) is 219 Å². The summed E-state index contributed by atoms with van der Waals surface area (Å²) in [5, 5.41) is 15.2. The first kappa shape index (κ1) is 75.4. The van der Waals surface area contributed by atoms with Gasteiger partial charge in [-0.2, -0.15) is 0 Å². The first-order valence-electron chi connectivity index (χ1n) is 43.5. The van der Waals surface area contributed by atoms with Gasteiger partial charge in [0, 0.05) is 96.4 Å². The molecular weight excluding hydrogens is 1550 g/mol. The van der Waals surface area contributed by atoms with Gasteiger partial charge >= 0.3 is 0 Å². The molecule has 0 atom stereocenters. The number of furan rings is 1. The van der Waals surface area contributed by atoms with Crippen molar-refractivity contribution in [2.45, 2.75) is 41.5 Å². The van der Waals surface area contributed by atoms with Gasteiger partial charge in [0.15, 0.2) is 0 Å². The number of thiophene rings is 1. The van der Waals surface area contributed by atoms with E-state index in [2.05, 4.69) is 460 Å². The maximum absolute atomic E-state index is 6.26. The first-order chi connectivity index (χ1) is 62.0. The van der Waals surface area contributed by atoms with Gasteiger partial charge in [0.05, 0.1) is 61.2 Å². The molecule has 0 spiro atoms. The van der Waals surface area contributed by atoms with E-state index in [9.17, 15) is 0 Å². The molecule has 126 heavy (non-hydrogen) atoms. The van der Waals surface area contributed by atoms with E-state index in [1.807, 2.05) is 23.5 Å². The van der Waals surface area contributed by atoms with Crippen molar-refractivity contribution in [2.24, 2.45) is 0 Å². The Labute approximate surface area is 735 Å². The van der Waals surface area contributed by atoms with Crippen molar-refractivity contribution < 1.29 is 4.42 Å².